The number of amides is 4. The molecule has 242 valence electrons. The molecule has 4 amide bonds. The van der Waals surface area contributed by atoms with E-state index in [4.69, 9.17) is 10.5 Å². The van der Waals surface area contributed by atoms with E-state index in [0.717, 1.165) is 47.6 Å². The van der Waals surface area contributed by atoms with Gasteiger partial charge in [-0.2, -0.15) is 0 Å². The summed E-state index contributed by atoms with van der Waals surface area (Å²) < 4.78 is 5.39. The van der Waals surface area contributed by atoms with Gasteiger partial charge in [-0.1, -0.05) is 92.3 Å². The maximum atomic E-state index is 14.4. The van der Waals surface area contributed by atoms with Gasteiger partial charge in [0.25, 0.3) is 5.91 Å². The number of unbranched alkanes of at least 4 members (excludes halogenated alkanes) is 4. The van der Waals surface area contributed by atoms with E-state index in [2.05, 4.69) is 17.6 Å². The Labute approximate surface area is 266 Å². The first-order valence-corrected chi connectivity index (χ1v) is 15.7. The monoisotopic (exact) mass is 616 g/mol. The van der Waals surface area contributed by atoms with Gasteiger partial charge in [-0.25, -0.2) is 4.79 Å². The number of hydrogen-bond acceptors (Lipinski definition) is 5. The number of rotatable bonds is 14. The van der Waals surface area contributed by atoms with Gasteiger partial charge in [0.1, 0.15) is 17.7 Å². The molecule has 0 aliphatic rings. The molecule has 0 heterocycles. The Bertz CT molecular complexity index is 1480. The number of hydrogen-bond donors (Lipinski definition) is 3. The molecule has 9 heteroatoms. The van der Waals surface area contributed by atoms with Gasteiger partial charge in [-0.15, -0.1) is 0 Å². The van der Waals surface area contributed by atoms with Crippen LogP contribution in [0.25, 0.3) is 10.8 Å². The van der Waals surface area contributed by atoms with Crippen molar-refractivity contribution in [2.45, 2.75) is 97.8 Å². The molecule has 0 aliphatic carbocycles. The average molecular weight is 617 g/mol. The van der Waals surface area contributed by atoms with Crippen LogP contribution in [0.2, 0.25) is 0 Å². The standard InChI is InChI=1S/C36H48N4O5/c1-7-8-9-10-13-18-40(34(43)30(23-31(37)41)39-35(44)45-36(4,5)6)32(28-20-24(2)19-25(3)21-28)33(42)38-29-17-16-26-14-11-12-15-27(26)22-29/h11-12,14-17,19-22,30,32H,7-10,13,18,23H2,1-6H3,(H2,37,41)(H,38,42)(H,39,44). The van der Waals surface area contributed by atoms with E-state index >= 15 is 0 Å². The molecule has 0 radical (unpaired) electrons. The zero-order valence-corrected chi connectivity index (χ0v) is 27.4. The minimum atomic E-state index is -1.32. The quantitative estimate of drug-likeness (QED) is 0.173. The lowest BCUT2D eigenvalue weighted by Crippen LogP contribution is -2.53. The summed E-state index contributed by atoms with van der Waals surface area (Å²) in [5.74, 6) is -1.77. The van der Waals surface area contributed by atoms with Gasteiger partial charge in [-0.3, -0.25) is 14.4 Å². The Balaban J connectivity index is 2.07. The van der Waals surface area contributed by atoms with E-state index < -0.39 is 47.9 Å². The number of fused-ring (bicyclic) bond motifs is 1. The van der Waals surface area contributed by atoms with Gasteiger partial charge in [-0.05, 0) is 69.5 Å². The molecule has 3 aromatic carbocycles. The van der Waals surface area contributed by atoms with Crippen molar-refractivity contribution in [1.82, 2.24) is 10.2 Å². The van der Waals surface area contributed by atoms with Gasteiger partial charge >= 0.3 is 6.09 Å². The van der Waals surface area contributed by atoms with Crippen LogP contribution >= 0.6 is 0 Å². The van der Waals surface area contributed by atoms with Crippen molar-refractivity contribution in [3.63, 3.8) is 0 Å². The minimum absolute atomic E-state index is 0.233. The highest BCUT2D eigenvalue weighted by Crippen LogP contribution is 2.28. The van der Waals surface area contributed by atoms with Crippen molar-refractivity contribution in [2.75, 3.05) is 11.9 Å². The van der Waals surface area contributed by atoms with Crippen molar-refractivity contribution in [1.29, 1.82) is 0 Å². The second-order valence-corrected chi connectivity index (χ2v) is 12.7. The highest BCUT2D eigenvalue weighted by atomic mass is 16.6. The van der Waals surface area contributed by atoms with Crippen LogP contribution in [0.1, 0.15) is 89.0 Å². The fourth-order valence-electron chi connectivity index (χ4n) is 5.42. The molecule has 4 N–H and O–H groups in total. The SMILES string of the molecule is CCCCCCCN(C(=O)C(CC(N)=O)NC(=O)OC(C)(C)C)C(C(=O)Nc1ccc2ccccc2c1)c1cc(C)cc(C)c1. The van der Waals surface area contributed by atoms with E-state index in [-0.39, 0.29) is 6.54 Å². The van der Waals surface area contributed by atoms with Crippen LogP contribution in [0.5, 0.6) is 0 Å². The lowest BCUT2D eigenvalue weighted by molar-refractivity contribution is -0.142. The molecule has 0 bridgehead atoms. The second-order valence-electron chi connectivity index (χ2n) is 12.7. The molecule has 0 aliphatic heterocycles. The van der Waals surface area contributed by atoms with Crippen LogP contribution < -0.4 is 16.4 Å². The molecule has 0 fully saturated rings. The molecule has 9 nitrogen and oxygen atoms in total. The predicted octanol–water partition coefficient (Wildman–Crippen LogP) is 6.70. The molecule has 2 unspecified atom stereocenters. The zero-order chi connectivity index (χ0) is 33.1. The number of nitrogens with zero attached hydrogens (tertiary/aromatic N) is 1. The molecule has 2 atom stereocenters. The average Bonchev–Trinajstić information content (AvgIpc) is 2.94. The fraction of sp³-hybridized carbons (Fsp3) is 0.444. The first kappa shape index (κ1) is 35.1. The smallest absolute Gasteiger partial charge is 0.408 e. The Kier molecular flexibility index (Phi) is 12.5. The van der Waals surface area contributed by atoms with Crippen LogP contribution in [0, 0.1) is 13.8 Å². The summed E-state index contributed by atoms with van der Waals surface area (Å²) in [6.07, 6.45) is 3.28. The summed E-state index contributed by atoms with van der Waals surface area (Å²) in [6, 6.07) is 16.9. The lowest BCUT2D eigenvalue weighted by Gasteiger charge is -2.34. The van der Waals surface area contributed by atoms with E-state index in [1.54, 1.807) is 20.8 Å². The largest absolute Gasteiger partial charge is 0.444 e. The normalized spacial score (nSPS) is 12.7. The third-order valence-corrected chi connectivity index (χ3v) is 7.32. The van der Waals surface area contributed by atoms with Crippen LogP contribution in [0.15, 0.2) is 60.7 Å². The van der Waals surface area contributed by atoms with Gasteiger partial charge in [0.05, 0.1) is 6.42 Å². The fourth-order valence-corrected chi connectivity index (χ4v) is 5.42. The maximum Gasteiger partial charge on any atom is 0.408 e. The number of aryl methyl sites for hydroxylation is 2. The summed E-state index contributed by atoms with van der Waals surface area (Å²) in [7, 11) is 0. The summed E-state index contributed by atoms with van der Waals surface area (Å²) in [4.78, 5) is 55.1. The first-order valence-electron chi connectivity index (χ1n) is 15.7. The van der Waals surface area contributed by atoms with Crippen LogP contribution in [0.4, 0.5) is 10.5 Å². The number of anilines is 1. The maximum absolute atomic E-state index is 14.4. The number of carbonyl (C=O) groups excluding carboxylic acids is 4. The molecular weight excluding hydrogens is 568 g/mol. The molecule has 0 spiro atoms. The molecule has 0 saturated heterocycles. The lowest BCUT2D eigenvalue weighted by atomic mass is 9.97. The molecule has 0 saturated carbocycles. The van der Waals surface area contributed by atoms with Crippen molar-refractivity contribution in [3.05, 3.63) is 77.4 Å². The summed E-state index contributed by atoms with van der Waals surface area (Å²) in [5.41, 5.74) is 7.80. The van der Waals surface area contributed by atoms with Crippen molar-refractivity contribution >= 4 is 40.3 Å². The van der Waals surface area contributed by atoms with E-state index in [1.807, 2.05) is 74.5 Å². The molecular formula is C36H48N4O5. The summed E-state index contributed by atoms with van der Waals surface area (Å²) in [6.45, 7) is 11.3. The van der Waals surface area contributed by atoms with Gasteiger partial charge in [0, 0.05) is 12.2 Å². The van der Waals surface area contributed by atoms with Crippen molar-refractivity contribution in [3.8, 4) is 0 Å². The number of benzene rings is 3. The topological polar surface area (TPSA) is 131 Å². The number of nitrogens with one attached hydrogen (secondary N) is 2. The summed E-state index contributed by atoms with van der Waals surface area (Å²) in [5, 5.41) is 7.58. The third-order valence-electron chi connectivity index (χ3n) is 7.32. The first-order chi connectivity index (χ1) is 21.3. The van der Waals surface area contributed by atoms with Crippen molar-refractivity contribution < 1.29 is 23.9 Å². The predicted molar refractivity (Wildman–Crippen MR) is 179 cm³/mol. The molecule has 3 rings (SSSR count). The molecule has 45 heavy (non-hydrogen) atoms. The number of primary amides is 1. The van der Waals surface area contributed by atoms with E-state index in [9.17, 15) is 19.2 Å². The van der Waals surface area contributed by atoms with E-state index in [1.165, 1.54) is 4.90 Å². The van der Waals surface area contributed by atoms with Crippen LogP contribution in [-0.2, 0) is 19.1 Å². The Morgan fingerprint density at radius 1 is 0.867 bits per heavy atom. The van der Waals surface area contributed by atoms with Gasteiger partial charge < -0.3 is 26.0 Å². The molecule has 0 aromatic heterocycles. The van der Waals surface area contributed by atoms with Crippen LogP contribution in [0.3, 0.4) is 0 Å². The second kappa shape index (κ2) is 16.1. The van der Waals surface area contributed by atoms with Crippen LogP contribution in [-0.4, -0.2) is 46.9 Å². The Hall–Kier alpha value is -4.40. The number of alkyl carbamates (subject to hydrolysis) is 1. The Morgan fingerprint density at radius 2 is 1.51 bits per heavy atom. The number of nitrogens with two attached hydrogens (primary N) is 1. The van der Waals surface area contributed by atoms with Crippen molar-refractivity contribution in [2.24, 2.45) is 5.73 Å². The summed E-state index contributed by atoms with van der Waals surface area (Å²) >= 11 is 0. The highest BCUT2D eigenvalue weighted by Gasteiger charge is 2.37. The van der Waals surface area contributed by atoms with Gasteiger partial charge in [0.2, 0.25) is 11.8 Å². The van der Waals surface area contributed by atoms with Gasteiger partial charge in [0.15, 0.2) is 0 Å². The number of ether oxygens (including phenoxy) is 1. The highest BCUT2D eigenvalue weighted by molar-refractivity contribution is 6.01. The van der Waals surface area contributed by atoms with E-state index in [0.29, 0.717) is 17.7 Å². The minimum Gasteiger partial charge on any atom is -0.444 e. The number of carbonyl (C=O) groups is 4. The third kappa shape index (κ3) is 10.9. The molecule has 3 aromatic rings. The Morgan fingerprint density at radius 3 is 2.13 bits per heavy atom. The zero-order valence-electron chi connectivity index (χ0n) is 27.4.